The topological polar surface area (TPSA) is 117 Å². The lowest BCUT2D eigenvalue weighted by molar-refractivity contribution is -0.385. The Bertz CT molecular complexity index is 1850. The number of thioether (sulfide) groups is 1. The maximum atomic E-state index is 13.8. The predicted octanol–water partition coefficient (Wildman–Crippen LogP) is 5.00. The lowest BCUT2D eigenvalue weighted by atomic mass is 9.96. The van der Waals surface area contributed by atoms with Gasteiger partial charge in [0.05, 0.1) is 33.4 Å². The molecule has 5 rings (SSSR count). The Morgan fingerprint density at radius 3 is 2.62 bits per heavy atom. The van der Waals surface area contributed by atoms with E-state index >= 15 is 0 Å². The van der Waals surface area contributed by atoms with Crippen molar-refractivity contribution in [3.8, 4) is 11.3 Å². The maximum Gasteiger partial charge on any atom is 0.338 e. The molecule has 0 spiro atoms. The van der Waals surface area contributed by atoms with Crippen molar-refractivity contribution in [1.29, 1.82) is 0 Å². The number of fused-ring (bicyclic) bond motifs is 1. The second-order valence-electron chi connectivity index (χ2n) is 9.04. The number of rotatable bonds is 7. The summed E-state index contributed by atoms with van der Waals surface area (Å²) in [6.07, 6.45) is 3.60. The van der Waals surface area contributed by atoms with Crippen molar-refractivity contribution in [2.75, 3.05) is 12.9 Å². The van der Waals surface area contributed by atoms with E-state index < -0.39 is 16.9 Å². The van der Waals surface area contributed by atoms with E-state index in [1.54, 1.807) is 62.9 Å². The van der Waals surface area contributed by atoms with Gasteiger partial charge in [-0.2, -0.15) is 0 Å². The average molecular weight is 576 g/mol. The number of thiazole rings is 1. The number of furan rings is 1. The first-order valence-electron chi connectivity index (χ1n) is 12.4. The molecule has 0 aliphatic carbocycles. The molecule has 0 radical (unpaired) electrons. The summed E-state index contributed by atoms with van der Waals surface area (Å²) in [5, 5.41) is 11.4. The van der Waals surface area contributed by atoms with Gasteiger partial charge in [-0.25, -0.2) is 9.79 Å². The Morgan fingerprint density at radius 1 is 1.20 bits per heavy atom. The Hall–Kier alpha value is -4.22. The molecule has 11 heteroatoms. The number of esters is 1. The average Bonchev–Trinajstić information content (AvgIpc) is 3.52. The maximum absolute atomic E-state index is 13.8. The van der Waals surface area contributed by atoms with Crippen LogP contribution in [0.4, 0.5) is 5.69 Å². The standard InChI is InChI=1S/C29H25N3O6S2/c1-5-37-28(34)25-17(3)30-29-31(26(25)18-8-11-21(39-4)12-9-18)27(33)24(40-29)15-20-10-13-23(38-20)19-7-6-16(2)22(14-19)32(35)36/h6-15,26H,5H2,1-4H3/b24-15-. The third kappa shape index (κ3) is 5.05. The highest BCUT2D eigenvalue weighted by molar-refractivity contribution is 7.98. The van der Waals surface area contributed by atoms with Crippen LogP contribution in [0.15, 0.2) is 85.0 Å². The third-order valence-electron chi connectivity index (χ3n) is 6.54. The highest BCUT2D eigenvalue weighted by Crippen LogP contribution is 2.32. The molecule has 3 heterocycles. The van der Waals surface area contributed by atoms with E-state index in [1.165, 1.54) is 22.0 Å². The van der Waals surface area contributed by atoms with Crippen LogP contribution < -0.4 is 14.9 Å². The number of aryl methyl sites for hydroxylation is 1. The van der Waals surface area contributed by atoms with E-state index in [2.05, 4.69) is 4.99 Å². The molecule has 1 aliphatic rings. The Morgan fingerprint density at radius 2 is 1.95 bits per heavy atom. The van der Waals surface area contributed by atoms with Gasteiger partial charge in [0.1, 0.15) is 11.5 Å². The van der Waals surface area contributed by atoms with Crippen LogP contribution >= 0.6 is 23.1 Å². The van der Waals surface area contributed by atoms with Crippen molar-refractivity contribution < 1.29 is 18.9 Å². The van der Waals surface area contributed by atoms with E-state index in [-0.39, 0.29) is 17.9 Å². The summed E-state index contributed by atoms with van der Waals surface area (Å²) in [4.78, 5) is 43.9. The zero-order chi connectivity index (χ0) is 28.6. The van der Waals surface area contributed by atoms with E-state index in [9.17, 15) is 19.7 Å². The van der Waals surface area contributed by atoms with Crippen molar-refractivity contribution in [2.24, 2.45) is 4.99 Å². The van der Waals surface area contributed by atoms with Crippen molar-refractivity contribution in [3.63, 3.8) is 0 Å². The first kappa shape index (κ1) is 27.4. The number of hydrogen-bond donors (Lipinski definition) is 0. The van der Waals surface area contributed by atoms with Gasteiger partial charge in [0.25, 0.3) is 11.2 Å². The summed E-state index contributed by atoms with van der Waals surface area (Å²) < 4.78 is 13.2. The molecule has 4 aromatic rings. The van der Waals surface area contributed by atoms with Crippen LogP contribution in [0.2, 0.25) is 0 Å². The van der Waals surface area contributed by atoms with E-state index in [4.69, 9.17) is 9.15 Å². The quantitative estimate of drug-likeness (QED) is 0.132. The number of aromatic nitrogens is 1. The number of benzene rings is 2. The molecule has 1 atom stereocenters. The number of nitro groups is 1. The summed E-state index contributed by atoms with van der Waals surface area (Å²) in [5.41, 5.74) is 2.37. The van der Waals surface area contributed by atoms with Gasteiger partial charge in [-0.05, 0) is 56.9 Å². The van der Waals surface area contributed by atoms with Gasteiger partial charge in [0.15, 0.2) is 4.80 Å². The second-order valence-corrected chi connectivity index (χ2v) is 10.9. The fourth-order valence-electron chi connectivity index (χ4n) is 4.57. The minimum absolute atomic E-state index is 0.00194. The van der Waals surface area contributed by atoms with E-state index in [0.29, 0.717) is 43.3 Å². The highest BCUT2D eigenvalue weighted by atomic mass is 32.2. The number of nitro benzene ring substituents is 1. The number of ether oxygens (including phenoxy) is 1. The van der Waals surface area contributed by atoms with E-state index in [0.717, 1.165) is 10.5 Å². The number of allylic oxidation sites excluding steroid dienone is 1. The number of hydrogen-bond acceptors (Lipinski definition) is 9. The molecule has 0 fully saturated rings. The first-order valence-corrected chi connectivity index (χ1v) is 14.4. The molecule has 1 unspecified atom stereocenters. The van der Waals surface area contributed by atoms with Crippen LogP contribution in [0.25, 0.3) is 17.4 Å². The van der Waals surface area contributed by atoms with E-state index in [1.807, 2.05) is 30.5 Å². The highest BCUT2D eigenvalue weighted by Gasteiger charge is 2.33. The van der Waals surface area contributed by atoms with Crippen molar-refractivity contribution in [2.45, 2.75) is 31.7 Å². The van der Waals surface area contributed by atoms with Crippen LogP contribution in [0.5, 0.6) is 0 Å². The molecular formula is C29H25N3O6S2. The summed E-state index contributed by atoms with van der Waals surface area (Å²) >= 11 is 2.80. The first-order chi connectivity index (χ1) is 19.2. The fourth-order valence-corrected chi connectivity index (χ4v) is 6.00. The summed E-state index contributed by atoms with van der Waals surface area (Å²) in [7, 11) is 0. The molecule has 0 N–H and O–H groups in total. The van der Waals surface area contributed by atoms with Gasteiger partial charge in [0.2, 0.25) is 0 Å². The van der Waals surface area contributed by atoms with Crippen LogP contribution in [0.3, 0.4) is 0 Å². The predicted molar refractivity (Wildman–Crippen MR) is 154 cm³/mol. The van der Waals surface area contributed by atoms with Gasteiger partial charge in [-0.1, -0.05) is 35.6 Å². The molecule has 2 aromatic heterocycles. The molecule has 9 nitrogen and oxygen atoms in total. The monoisotopic (exact) mass is 575 g/mol. The van der Waals surface area contributed by atoms with Gasteiger partial charge in [-0.3, -0.25) is 19.5 Å². The molecule has 204 valence electrons. The van der Waals surface area contributed by atoms with Crippen molar-refractivity contribution in [1.82, 2.24) is 4.57 Å². The molecule has 1 aliphatic heterocycles. The molecule has 40 heavy (non-hydrogen) atoms. The Labute approximate surface area is 237 Å². The minimum atomic E-state index is -0.700. The normalized spacial score (nSPS) is 15.1. The van der Waals surface area contributed by atoms with Crippen LogP contribution in [-0.4, -0.2) is 28.3 Å². The zero-order valence-electron chi connectivity index (χ0n) is 22.2. The zero-order valence-corrected chi connectivity index (χ0v) is 23.8. The Kier molecular flexibility index (Phi) is 7.59. The summed E-state index contributed by atoms with van der Waals surface area (Å²) in [6.45, 7) is 5.35. The molecule has 0 saturated carbocycles. The fraction of sp³-hybridized carbons (Fsp3) is 0.207. The molecule has 0 amide bonds. The van der Waals surface area contributed by atoms with Crippen molar-refractivity contribution in [3.05, 3.63) is 113 Å². The summed E-state index contributed by atoms with van der Waals surface area (Å²) in [6, 6.07) is 15.3. The molecule has 2 aromatic carbocycles. The SMILES string of the molecule is CCOC(=O)C1=C(C)N=c2s/c(=C\c3ccc(-c4ccc(C)c([N+](=O)[O-])c4)o3)c(=O)n2C1c1ccc(SC)cc1. The smallest absolute Gasteiger partial charge is 0.338 e. The number of carbonyl (C=O) groups excluding carboxylic acids is 1. The number of nitrogens with zero attached hydrogens (tertiary/aromatic N) is 3. The van der Waals surface area contributed by atoms with Gasteiger partial charge < -0.3 is 9.15 Å². The van der Waals surface area contributed by atoms with Crippen LogP contribution in [0.1, 0.15) is 36.8 Å². The minimum Gasteiger partial charge on any atom is -0.463 e. The molecular weight excluding hydrogens is 550 g/mol. The van der Waals surface area contributed by atoms with Gasteiger partial charge in [-0.15, -0.1) is 11.8 Å². The largest absolute Gasteiger partial charge is 0.463 e. The summed E-state index contributed by atoms with van der Waals surface area (Å²) in [5.74, 6) is 0.333. The molecule has 0 bridgehead atoms. The Balaban J connectivity index is 1.61. The van der Waals surface area contributed by atoms with Crippen LogP contribution in [0, 0.1) is 17.0 Å². The number of carbonyl (C=O) groups is 1. The second kappa shape index (κ2) is 11.1. The van der Waals surface area contributed by atoms with Crippen molar-refractivity contribution >= 4 is 40.8 Å². The third-order valence-corrected chi connectivity index (χ3v) is 8.27. The lowest BCUT2D eigenvalue weighted by Gasteiger charge is -2.24. The van der Waals surface area contributed by atoms with Gasteiger partial charge in [0, 0.05) is 28.2 Å². The lowest BCUT2D eigenvalue weighted by Crippen LogP contribution is -2.39. The van der Waals surface area contributed by atoms with Gasteiger partial charge >= 0.3 is 5.97 Å². The van der Waals surface area contributed by atoms with Crippen LogP contribution in [-0.2, 0) is 9.53 Å². The molecule has 0 saturated heterocycles.